The molecule has 1 aliphatic carbocycles. The van der Waals surface area contributed by atoms with Crippen LogP contribution in [0.2, 0.25) is 0 Å². The Kier molecular flexibility index (Phi) is 2.87. The molecule has 2 nitrogen and oxygen atoms in total. The number of fused-ring (bicyclic) bond motifs is 2. The molecule has 0 bridgehead atoms. The fourth-order valence-corrected chi connectivity index (χ4v) is 2.42. The van der Waals surface area contributed by atoms with E-state index >= 15 is 0 Å². The Balaban J connectivity index is 1.97. The Morgan fingerprint density at radius 3 is 3.17 bits per heavy atom. The quantitative estimate of drug-likeness (QED) is 0.574. The van der Waals surface area contributed by atoms with Crippen LogP contribution in [-0.4, -0.2) is 24.5 Å². The summed E-state index contributed by atoms with van der Waals surface area (Å²) in [5, 5.41) is 0. The molecule has 88 valence electrons. The third-order valence-corrected chi connectivity index (χ3v) is 3.53. The van der Waals surface area contributed by atoms with E-state index < -0.39 is 0 Å². The second-order valence-electron chi connectivity index (χ2n) is 4.74. The van der Waals surface area contributed by atoms with Gasteiger partial charge in [-0.3, -0.25) is 9.98 Å². The van der Waals surface area contributed by atoms with Crippen LogP contribution in [0.4, 0.5) is 0 Å². The molecule has 0 saturated heterocycles. The van der Waals surface area contributed by atoms with Gasteiger partial charge in [-0.15, -0.1) is 0 Å². The number of allylic oxidation sites excluding steroid dienone is 2. The number of hydrogen-bond acceptors (Lipinski definition) is 2. The highest BCUT2D eigenvalue weighted by Crippen LogP contribution is 2.26. The van der Waals surface area contributed by atoms with Gasteiger partial charge >= 0.3 is 0 Å². The van der Waals surface area contributed by atoms with Crippen LogP contribution < -0.4 is 0 Å². The number of dihydropyridines is 1. The third kappa shape index (κ3) is 2.03. The summed E-state index contributed by atoms with van der Waals surface area (Å²) >= 11 is 0. The Hall–Kier alpha value is -2.06. The summed E-state index contributed by atoms with van der Waals surface area (Å²) < 4.78 is 0. The summed E-state index contributed by atoms with van der Waals surface area (Å²) in [6.45, 7) is 2.12. The van der Waals surface area contributed by atoms with E-state index in [4.69, 9.17) is 0 Å². The second kappa shape index (κ2) is 4.67. The van der Waals surface area contributed by atoms with Gasteiger partial charge in [-0.25, -0.2) is 0 Å². The number of aliphatic imine (C=N–C) groups is 2. The zero-order valence-electron chi connectivity index (χ0n) is 10.4. The Morgan fingerprint density at radius 2 is 2.22 bits per heavy atom. The standard InChI is InChI=1S/C16H14N2/c1-12-9-11-18-16-8-7-15-13(5-6-14(12)16)4-2-3-10-17-15/h6,9-11,13,15-16H,4-5H2,1H3. The first kappa shape index (κ1) is 11.1. The summed E-state index contributed by atoms with van der Waals surface area (Å²) in [6, 6.07) is 0.0574. The van der Waals surface area contributed by atoms with E-state index in [0.29, 0.717) is 5.92 Å². The van der Waals surface area contributed by atoms with Crippen molar-refractivity contribution in [2.45, 2.75) is 31.8 Å². The van der Waals surface area contributed by atoms with E-state index in [0.717, 1.165) is 12.8 Å². The maximum atomic E-state index is 4.44. The molecule has 18 heavy (non-hydrogen) atoms. The van der Waals surface area contributed by atoms with E-state index in [-0.39, 0.29) is 12.1 Å². The molecule has 3 aliphatic rings. The largest absolute Gasteiger partial charge is 0.272 e. The highest BCUT2D eigenvalue weighted by atomic mass is 14.8. The van der Waals surface area contributed by atoms with Crippen LogP contribution in [0, 0.1) is 29.6 Å². The van der Waals surface area contributed by atoms with Crippen LogP contribution in [0.15, 0.2) is 33.3 Å². The molecule has 0 N–H and O–H groups in total. The van der Waals surface area contributed by atoms with Gasteiger partial charge in [-0.05, 0) is 30.6 Å². The van der Waals surface area contributed by atoms with Gasteiger partial charge in [-0.2, -0.15) is 0 Å². The van der Waals surface area contributed by atoms with Gasteiger partial charge in [0.15, 0.2) is 0 Å². The normalized spacial score (nSPS) is 31.9. The van der Waals surface area contributed by atoms with Crippen molar-refractivity contribution in [2.24, 2.45) is 15.9 Å². The zero-order chi connectivity index (χ0) is 12.4. The van der Waals surface area contributed by atoms with Crippen LogP contribution in [0.25, 0.3) is 0 Å². The van der Waals surface area contributed by atoms with Crippen LogP contribution in [0.1, 0.15) is 19.8 Å². The Morgan fingerprint density at radius 1 is 1.28 bits per heavy atom. The molecule has 0 spiro atoms. The molecule has 0 radical (unpaired) electrons. The predicted octanol–water partition coefficient (Wildman–Crippen LogP) is 2.18. The van der Waals surface area contributed by atoms with E-state index in [1.807, 2.05) is 12.3 Å². The summed E-state index contributed by atoms with van der Waals surface area (Å²) in [4.78, 5) is 8.87. The number of rotatable bonds is 0. The molecule has 2 aliphatic heterocycles. The molecule has 3 atom stereocenters. The van der Waals surface area contributed by atoms with Crippen molar-refractivity contribution in [3.63, 3.8) is 0 Å². The van der Waals surface area contributed by atoms with Crippen molar-refractivity contribution in [1.29, 1.82) is 0 Å². The van der Waals surface area contributed by atoms with Crippen LogP contribution in [0.5, 0.6) is 0 Å². The van der Waals surface area contributed by atoms with Crippen LogP contribution >= 0.6 is 0 Å². The average Bonchev–Trinajstić information content (AvgIpc) is 2.57. The molecule has 3 unspecified atom stereocenters. The molecular formula is C16H14N2. The lowest BCUT2D eigenvalue weighted by atomic mass is 9.87. The van der Waals surface area contributed by atoms with Gasteiger partial charge in [0.1, 0.15) is 12.1 Å². The molecule has 0 aromatic heterocycles. The SMILES string of the molecule is CC1=CC=NC2C#CC3N=CC#CCC3CC=C12. The Bertz CT molecular complexity index is 596. The molecular weight excluding hydrogens is 220 g/mol. The van der Waals surface area contributed by atoms with Gasteiger partial charge in [0.25, 0.3) is 0 Å². The van der Waals surface area contributed by atoms with E-state index in [9.17, 15) is 0 Å². The van der Waals surface area contributed by atoms with E-state index in [1.165, 1.54) is 11.1 Å². The molecule has 0 saturated carbocycles. The minimum Gasteiger partial charge on any atom is -0.272 e. The lowest BCUT2D eigenvalue weighted by Crippen LogP contribution is -2.20. The predicted molar refractivity (Wildman–Crippen MR) is 74.7 cm³/mol. The van der Waals surface area contributed by atoms with Gasteiger partial charge in [0.05, 0.1) is 6.21 Å². The van der Waals surface area contributed by atoms with E-state index in [2.05, 4.69) is 46.7 Å². The molecule has 2 heterocycles. The summed E-state index contributed by atoms with van der Waals surface area (Å²) in [7, 11) is 0. The van der Waals surface area contributed by atoms with Crippen molar-refractivity contribution in [1.82, 2.24) is 0 Å². The summed E-state index contributed by atoms with van der Waals surface area (Å²) in [5.41, 5.74) is 2.52. The lowest BCUT2D eigenvalue weighted by Gasteiger charge is -2.22. The minimum absolute atomic E-state index is 0.00433. The van der Waals surface area contributed by atoms with Gasteiger partial charge in [0.2, 0.25) is 0 Å². The van der Waals surface area contributed by atoms with Crippen LogP contribution in [-0.2, 0) is 0 Å². The highest BCUT2D eigenvalue weighted by Gasteiger charge is 2.23. The zero-order valence-corrected chi connectivity index (χ0v) is 10.4. The average molecular weight is 234 g/mol. The monoisotopic (exact) mass is 234 g/mol. The lowest BCUT2D eigenvalue weighted by molar-refractivity contribution is 0.503. The first-order valence-electron chi connectivity index (χ1n) is 6.26. The van der Waals surface area contributed by atoms with Crippen LogP contribution in [0.3, 0.4) is 0 Å². The molecule has 3 rings (SSSR count). The third-order valence-electron chi connectivity index (χ3n) is 3.53. The molecule has 0 fully saturated rings. The van der Waals surface area contributed by atoms with Gasteiger partial charge in [-0.1, -0.05) is 29.8 Å². The maximum absolute atomic E-state index is 4.44. The first-order valence-corrected chi connectivity index (χ1v) is 6.26. The first-order chi connectivity index (χ1) is 8.84. The van der Waals surface area contributed by atoms with Crippen molar-refractivity contribution < 1.29 is 0 Å². The van der Waals surface area contributed by atoms with Crippen molar-refractivity contribution in [3.8, 4) is 23.7 Å². The fourth-order valence-electron chi connectivity index (χ4n) is 2.42. The van der Waals surface area contributed by atoms with E-state index in [1.54, 1.807) is 6.21 Å². The smallest absolute Gasteiger partial charge is 0.135 e. The summed E-state index contributed by atoms with van der Waals surface area (Å²) in [6.07, 6.45) is 9.73. The van der Waals surface area contributed by atoms with Crippen molar-refractivity contribution >= 4 is 12.4 Å². The summed E-state index contributed by atoms with van der Waals surface area (Å²) in [5.74, 6) is 13.0. The molecule has 0 aromatic rings. The van der Waals surface area contributed by atoms with Gasteiger partial charge in [0, 0.05) is 18.6 Å². The molecule has 2 heteroatoms. The second-order valence-corrected chi connectivity index (χ2v) is 4.74. The van der Waals surface area contributed by atoms with Gasteiger partial charge < -0.3 is 0 Å². The molecule has 0 aromatic carbocycles. The molecule has 0 amide bonds. The maximum Gasteiger partial charge on any atom is 0.135 e. The number of hydrogen-bond donors (Lipinski definition) is 0. The topological polar surface area (TPSA) is 24.7 Å². The fraction of sp³-hybridized carbons (Fsp3) is 0.375. The highest BCUT2D eigenvalue weighted by molar-refractivity contribution is 5.79. The van der Waals surface area contributed by atoms with Crippen molar-refractivity contribution in [3.05, 3.63) is 23.3 Å². The number of nitrogens with zero attached hydrogens (tertiary/aromatic N) is 2. The minimum atomic E-state index is -0.00433. The Labute approximate surface area is 108 Å². The van der Waals surface area contributed by atoms with Crippen molar-refractivity contribution in [2.75, 3.05) is 0 Å².